The van der Waals surface area contributed by atoms with Crippen LogP contribution in [0.4, 0.5) is 34.3 Å². The summed E-state index contributed by atoms with van der Waals surface area (Å²) in [7, 11) is -10.1. The van der Waals surface area contributed by atoms with E-state index < -0.39 is 32.7 Å². The van der Waals surface area contributed by atoms with E-state index in [-0.39, 0.29) is 24.7 Å². The number of amides is 2. The number of likely N-dealkylation sites (tertiary alicyclic amines) is 1. The average molecular weight is 524 g/mol. The van der Waals surface area contributed by atoms with Crippen molar-refractivity contribution in [2.24, 2.45) is 0 Å². The fraction of sp³-hybridized carbons (Fsp3) is 0.458. The fourth-order valence-electron chi connectivity index (χ4n) is 4.44. The summed E-state index contributed by atoms with van der Waals surface area (Å²) in [4.78, 5) is 14.6. The molecule has 1 aliphatic rings. The Morgan fingerprint density at radius 2 is 1.71 bits per heavy atom. The molecule has 0 radical (unpaired) electrons. The lowest BCUT2D eigenvalue weighted by atomic mass is 10.00. The van der Waals surface area contributed by atoms with Crippen LogP contribution in [0.5, 0.6) is 0 Å². The normalized spacial score (nSPS) is 18.4. The Morgan fingerprint density at radius 3 is 2.29 bits per heavy atom. The molecular weight excluding hydrogens is 492 g/mol. The van der Waals surface area contributed by atoms with E-state index in [2.05, 4.69) is 24.1 Å². The second-order valence-corrected chi connectivity index (χ2v) is 11.5. The molecule has 2 aromatic carbocycles. The maximum Gasteiger partial charge on any atom is 0.322 e. The predicted molar refractivity (Wildman–Crippen MR) is 128 cm³/mol. The van der Waals surface area contributed by atoms with Crippen LogP contribution in [0.1, 0.15) is 45.1 Å². The average Bonchev–Trinajstić information content (AvgIpc) is 2.76. The van der Waals surface area contributed by atoms with Crippen LogP contribution in [-0.2, 0) is 6.54 Å². The maximum absolute atomic E-state index is 13.8. The summed E-state index contributed by atoms with van der Waals surface area (Å²) in [6.07, 6.45) is 3.40. The molecule has 4 nitrogen and oxygen atoms in total. The molecule has 1 N–H and O–H groups in total. The molecule has 0 spiro atoms. The van der Waals surface area contributed by atoms with Gasteiger partial charge in [-0.2, -0.15) is 0 Å². The number of nitrogens with one attached hydrogen (secondary N) is 1. The largest absolute Gasteiger partial charge is 0.322 e. The van der Waals surface area contributed by atoms with E-state index in [4.69, 9.17) is 0 Å². The van der Waals surface area contributed by atoms with Gasteiger partial charge >= 0.3 is 16.3 Å². The van der Waals surface area contributed by atoms with Crippen LogP contribution in [0.2, 0.25) is 0 Å². The first kappa shape index (κ1) is 27.2. The Kier molecular flexibility index (Phi) is 7.44. The minimum atomic E-state index is -10.1. The summed E-state index contributed by atoms with van der Waals surface area (Å²) < 4.78 is 80.1. The van der Waals surface area contributed by atoms with Gasteiger partial charge in [-0.05, 0) is 49.9 Å². The Bertz CT molecular complexity index is 1030. The van der Waals surface area contributed by atoms with E-state index in [9.17, 15) is 28.6 Å². The molecule has 1 saturated heterocycles. The number of anilines is 1. The van der Waals surface area contributed by atoms with Crippen LogP contribution >= 0.6 is 10.2 Å². The highest BCUT2D eigenvalue weighted by atomic mass is 32.5. The monoisotopic (exact) mass is 523 g/mol. The summed E-state index contributed by atoms with van der Waals surface area (Å²) in [6, 6.07) is 8.87. The summed E-state index contributed by atoms with van der Waals surface area (Å²) in [5.74, 6) is -1.51. The van der Waals surface area contributed by atoms with Crippen molar-refractivity contribution < 1.29 is 28.6 Å². The van der Waals surface area contributed by atoms with Crippen molar-refractivity contribution in [2.45, 2.75) is 63.1 Å². The van der Waals surface area contributed by atoms with Crippen LogP contribution in [0.3, 0.4) is 0 Å². The number of halogens is 6. The van der Waals surface area contributed by atoms with Crippen molar-refractivity contribution in [2.75, 3.05) is 18.4 Å². The van der Waals surface area contributed by atoms with Gasteiger partial charge in [0.15, 0.2) is 0 Å². The molecule has 0 aliphatic carbocycles. The number of carbonyl (C=O) groups excluding carboxylic acids is 1. The standard InChI is InChI=1S/C24H31F6N3OS/c1-3-7-18(2)32-12-10-22(11-13-32)33(17-19-8-5-4-6-9-19)24(34)31-21-14-20(25)15-23(16-21)35(26,27,28,29)30/h4-6,8-9,14-16,18,22H,3,7,10-13,17H2,1-2H3,(H,31,34). The number of nitrogens with zero attached hydrogens (tertiary/aromatic N) is 2. The topological polar surface area (TPSA) is 35.6 Å². The van der Waals surface area contributed by atoms with Crippen molar-refractivity contribution >= 4 is 21.9 Å². The smallest absolute Gasteiger partial charge is 0.317 e. The summed E-state index contributed by atoms with van der Waals surface area (Å²) in [6.45, 7) is 5.94. The SMILES string of the molecule is CCCC(C)N1CCC(N(Cc2ccccc2)C(=O)Nc2cc(F)cc(S(F)(F)(F)(F)F)c2)CC1. The lowest BCUT2D eigenvalue weighted by molar-refractivity contribution is 0.0989. The molecule has 35 heavy (non-hydrogen) atoms. The summed E-state index contributed by atoms with van der Waals surface area (Å²) in [5.41, 5.74) is 0.127. The Balaban J connectivity index is 1.83. The molecule has 1 heterocycles. The molecule has 1 fully saturated rings. The van der Waals surface area contributed by atoms with Crippen molar-refractivity contribution in [1.82, 2.24) is 9.80 Å². The van der Waals surface area contributed by atoms with Gasteiger partial charge in [-0.25, -0.2) is 9.18 Å². The minimum absolute atomic E-state index is 0.0816. The van der Waals surface area contributed by atoms with E-state index in [1.807, 2.05) is 18.2 Å². The molecule has 0 aromatic heterocycles. The van der Waals surface area contributed by atoms with Gasteiger partial charge in [0.1, 0.15) is 10.7 Å². The lowest BCUT2D eigenvalue weighted by Gasteiger charge is -2.41. The zero-order chi connectivity index (χ0) is 25.9. The number of hydrogen-bond acceptors (Lipinski definition) is 2. The van der Waals surface area contributed by atoms with Gasteiger partial charge < -0.3 is 15.1 Å². The minimum Gasteiger partial charge on any atom is -0.317 e. The highest BCUT2D eigenvalue weighted by Gasteiger charge is 2.65. The van der Waals surface area contributed by atoms with E-state index in [1.165, 1.54) is 4.90 Å². The zero-order valence-corrected chi connectivity index (χ0v) is 20.5. The molecule has 11 heteroatoms. The second kappa shape index (κ2) is 9.57. The quantitative estimate of drug-likeness (QED) is 0.354. The number of urea groups is 1. The van der Waals surface area contributed by atoms with Gasteiger partial charge in [-0.1, -0.05) is 63.1 Å². The van der Waals surface area contributed by atoms with Gasteiger partial charge in [0, 0.05) is 37.4 Å². The van der Waals surface area contributed by atoms with E-state index in [0.29, 0.717) is 24.9 Å². The van der Waals surface area contributed by atoms with E-state index in [0.717, 1.165) is 31.5 Å². The number of piperidine rings is 1. The third-order valence-electron chi connectivity index (χ3n) is 6.29. The molecule has 2 aromatic rings. The van der Waals surface area contributed by atoms with E-state index in [1.54, 1.807) is 12.1 Å². The molecule has 1 aliphatic heterocycles. The number of hydrogen-bond donors (Lipinski definition) is 1. The molecule has 3 rings (SSSR count). The third-order valence-corrected chi connectivity index (χ3v) is 7.42. The first-order chi connectivity index (χ1) is 16.2. The highest BCUT2D eigenvalue weighted by Crippen LogP contribution is 3.02. The highest BCUT2D eigenvalue weighted by molar-refractivity contribution is 8.45. The van der Waals surface area contributed by atoms with Crippen LogP contribution in [0.25, 0.3) is 0 Å². The van der Waals surface area contributed by atoms with Crippen molar-refractivity contribution in [3.05, 3.63) is 59.9 Å². The first-order valence-electron chi connectivity index (χ1n) is 11.6. The van der Waals surface area contributed by atoms with Gasteiger partial charge in [0.2, 0.25) is 0 Å². The third kappa shape index (κ3) is 7.54. The summed E-state index contributed by atoms with van der Waals surface area (Å²) in [5, 5.41) is 2.22. The Hall–Kier alpha value is -2.40. The first-order valence-corrected chi connectivity index (χ1v) is 13.5. The molecule has 0 saturated carbocycles. The van der Waals surface area contributed by atoms with Crippen molar-refractivity contribution in [1.29, 1.82) is 0 Å². The Labute approximate surface area is 202 Å². The molecular formula is C24H31F6N3OS. The van der Waals surface area contributed by atoms with Gasteiger partial charge in [-0.15, -0.1) is 0 Å². The molecule has 2 amide bonds. The molecule has 1 unspecified atom stereocenters. The number of benzene rings is 2. The van der Waals surface area contributed by atoms with Crippen molar-refractivity contribution in [3.63, 3.8) is 0 Å². The molecule has 196 valence electrons. The van der Waals surface area contributed by atoms with Crippen LogP contribution < -0.4 is 5.32 Å². The van der Waals surface area contributed by atoms with Crippen LogP contribution in [0.15, 0.2) is 53.4 Å². The second-order valence-electron chi connectivity index (χ2n) is 9.09. The summed E-state index contributed by atoms with van der Waals surface area (Å²) >= 11 is 0. The molecule has 1 atom stereocenters. The fourth-order valence-corrected chi connectivity index (χ4v) is 5.12. The molecule has 0 bridgehead atoms. The Morgan fingerprint density at radius 1 is 1.09 bits per heavy atom. The van der Waals surface area contributed by atoms with Gasteiger partial charge in [0.25, 0.3) is 0 Å². The van der Waals surface area contributed by atoms with Crippen molar-refractivity contribution in [3.8, 4) is 0 Å². The predicted octanol–water partition coefficient (Wildman–Crippen LogP) is 8.17. The van der Waals surface area contributed by atoms with Gasteiger partial charge in [0.05, 0.1) is 0 Å². The van der Waals surface area contributed by atoms with E-state index >= 15 is 0 Å². The number of carbonyl (C=O) groups is 1. The lowest BCUT2D eigenvalue weighted by Crippen LogP contribution is -2.50. The number of rotatable bonds is 8. The maximum atomic E-state index is 13.8. The van der Waals surface area contributed by atoms with Gasteiger partial charge in [-0.3, -0.25) is 0 Å². The zero-order valence-electron chi connectivity index (χ0n) is 19.7. The van der Waals surface area contributed by atoms with Crippen LogP contribution in [-0.4, -0.2) is 41.0 Å². The van der Waals surface area contributed by atoms with Crippen LogP contribution in [0, 0.1) is 5.82 Å².